The fourth-order valence-electron chi connectivity index (χ4n) is 2.43. The third-order valence-electron chi connectivity index (χ3n) is 3.79. The van der Waals surface area contributed by atoms with Crippen LogP contribution >= 0.6 is 0 Å². The monoisotopic (exact) mass is 312 g/mol. The van der Waals surface area contributed by atoms with Crippen molar-refractivity contribution in [3.63, 3.8) is 0 Å². The lowest BCUT2D eigenvalue weighted by molar-refractivity contribution is -0.120. The van der Waals surface area contributed by atoms with E-state index in [1.54, 1.807) is 6.20 Å². The Balaban J connectivity index is 1.91. The number of nitrogens with zero attached hydrogens (tertiary/aromatic N) is 1. The first-order chi connectivity index (χ1) is 11.2. The molecule has 0 unspecified atom stereocenters. The second kappa shape index (κ2) is 9.02. The van der Waals surface area contributed by atoms with E-state index in [0.717, 1.165) is 36.0 Å². The number of hydrogen-bond donors (Lipinski definition) is 3. The molecule has 2 aromatic rings. The molecule has 5 heteroatoms. The Morgan fingerprint density at radius 3 is 2.52 bits per heavy atom. The third kappa shape index (κ3) is 5.47. The molecule has 122 valence electrons. The highest BCUT2D eigenvalue weighted by Gasteiger charge is 2.13. The molecule has 23 heavy (non-hydrogen) atoms. The molecule has 0 bridgehead atoms. The van der Waals surface area contributed by atoms with Crippen LogP contribution in [0.1, 0.15) is 24.8 Å². The second-order valence-electron chi connectivity index (χ2n) is 5.56. The Labute approximate surface area is 137 Å². The highest BCUT2D eigenvalue weighted by Crippen LogP contribution is 2.18. The first-order valence-corrected chi connectivity index (χ1v) is 7.93. The standard InChI is InChI=1S/C18H24N4O/c19-10-2-1-5-17(18(20)23)22-12-14-6-8-15(9-7-14)16-4-3-11-21-13-16/h3-4,6-9,11,13,17,22H,1-2,5,10,12,19H2,(H2,20,23)/t17-/m1/s1. The normalized spacial score (nSPS) is 12.0. The van der Waals surface area contributed by atoms with Gasteiger partial charge >= 0.3 is 0 Å². The molecule has 1 heterocycles. The number of aromatic nitrogens is 1. The summed E-state index contributed by atoms with van der Waals surface area (Å²) in [6.07, 6.45) is 6.13. The molecule has 0 spiro atoms. The van der Waals surface area contributed by atoms with E-state index in [1.165, 1.54) is 0 Å². The summed E-state index contributed by atoms with van der Waals surface area (Å²) < 4.78 is 0. The van der Waals surface area contributed by atoms with Crippen molar-refractivity contribution in [1.29, 1.82) is 0 Å². The Bertz CT molecular complexity index is 598. The van der Waals surface area contributed by atoms with Crippen LogP contribution in [-0.4, -0.2) is 23.5 Å². The molecule has 0 radical (unpaired) electrons. The van der Waals surface area contributed by atoms with Crippen LogP contribution in [0.25, 0.3) is 11.1 Å². The number of nitrogens with one attached hydrogen (secondary N) is 1. The highest BCUT2D eigenvalue weighted by molar-refractivity contribution is 5.79. The molecule has 0 fully saturated rings. The molecule has 0 aliphatic heterocycles. The second-order valence-corrected chi connectivity index (χ2v) is 5.56. The average Bonchev–Trinajstić information content (AvgIpc) is 2.59. The van der Waals surface area contributed by atoms with Gasteiger partial charge in [0.15, 0.2) is 0 Å². The average molecular weight is 312 g/mol. The Morgan fingerprint density at radius 2 is 1.91 bits per heavy atom. The van der Waals surface area contributed by atoms with Crippen LogP contribution in [0.5, 0.6) is 0 Å². The van der Waals surface area contributed by atoms with Crippen molar-refractivity contribution in [3.05, 3.63) is 54.4 Å². The first-order valence-electron chi connectivity index (χ1n) is 7.93. The van der Waals surface area contributed by atoms with Gasteiger partial charge < -0.3 is 16.8 Å². The van der Waals surface area contributed by atoms with E-state index in [-0.39, 0.29) is 11.9 Å². The number of amides is 1. The highest BCUT2D eigenvalue weighted by atomic mass is 16.1. The summed E-state index contributed by atoms with van der Waals surface area (Å²) >= 11 is 0. The summed E-state index contributed by atoms with van der Waals surface area (Å²) in [5, 5.41) is 3.23. The summed E-state index contributed by atoms with van der Waals surface area (Å²) in [4.78, 5) is 15.6. The predicted molar refractivity (Wildman–Crippen MR) is 92.4 cm³/mol. The largest absolute Gasteiger partial charge is 0.368 e. The van der Waals surface area contributed by atoms with Gasteiger partial charge in [0.05, 0.1) is 6.04 Å². The van der Waals surface area contributed by atoms with Crippen LogP contribution in [0, 0.1) is 0 Å². The van der Waals surface area contributed by atoms with Crippen LogP contribution in [0.15, 0.2) is 48.8 Å². The fraction of sp³-hybridized carbons (Fsp3) is 0.333. The summed E-state index contributed by atoms with van der Waals surface area (Å²) in [6, 6.07) is 11.9. The topological polar surface area (TPSA) is 94.0 Å². The lowest BCUT2D eigenvalue weighted by atomic mass is 10.0. The number of benzene rings is 1. The Hall–Kier alpha value is -2.24. The summed E-state index contributed by atoms with van der Waals surface area (Å²) in [6.45, 7) is 1.25. The molecule has 5 nitrogen and oxygen atoms in total. The van der Waals surface area contributed by atoms with E-state index in [4.69, 9.17) is 11.5 Å². The van der Waals surface area contributed by atoms with Gasteiger partial charge in [0, 0.05) is 18.9 Å². The maximum atomic E-state index is 11.5. The lowest BCUT2D eigenvalue weighted by Crippen LogP contribution is -2.40. The first kappa shape index (κ1) is 17.1. The van der Waals surface area contributed by atoms with Crippen LogP contribution < -0.4 is 16.8 Å². The molecule has 1 amide bonds. The van der Waals surface area contributed by atoms with Crippen LogP contribution in [0.3, 0.4) is 0 Å². The van der Waals surface area contributed by atoms with Gasteiger partial charge in [-0.25, -0.2) is 0 Å². The van der Waals surface area contributed by atoms with Gasteiger partial charge in [-0.2, -0.15) is 0 Å². The third-order valence-corrected chi connectivity index (χ3v) is 3.79. The lowest BCUT2D eigenvalue weighted by Gasteiger charge is -2.15. The number of rotatable bonds is 9. The van der Waals surface area contributed by atoms with E-state index in [1.807, 2.05) is 30.5 Å². The minimum absolute atomic E-state index is 0.306. The number of primary amides is 1. The van der Waals surface area contributed by atoms with E-state index in [0.29, 0.717) is 13.1 Å². The van der Waals surface area contributed by atoms with Gasteiger partial charge in [0.25, 0.3) is 0 Å². The zero-order valence-electron chi connectivity index (χ0n) is 13.2. The molecule has 1 aromatic heterocycles. The van der Waals surface area contributed by atoms with Crippen molar-refractivity contribution in [2.45, 2.75) is 31.8 Å². The molecule has 5 N–H and O–H groups in total. The SMILES string of the molecule is NCCCC[C@@H](NCc1ccc(-c2cccnc2)cc1)C(N)=O. The number of pyridine rings is 1. The number of carbonyl (C=O) groups is 1. The zero-order valence-corrected chi connectivity index (χ0v) is 13.2. The zero-order chi connectivity index (χ0) is 16.5. The van der Waals surface area contributed by atoms with Gasteiger partial charge in [-0.15, -0.1) is 0 Å². The van der Waals surface area contributed by atoms with E-state index >= 15 is 0 Å². The number of nitrogens with two attached hydrogens (primary N) is 2. The number of hydrogen-bond acceptors (Lipinski definition) is 4. The van der Waals surface area contributed by atoms with Crippen molar-refractivity contribution in [2.75, 3.05) is 6.54 Å². The maximum absolute atomic E-state index is 11.5. The van der Waals surface area contributed by atoms with Crippen molar-refractivity contribution in [3.8, 4) is 11.1 Å². The fourth-order valence-corrected chi connectivity index (χ4v) is 2.43. The van der Waals surface area contributed by atoms with E-state index in [9.17, 15) is 4.79 Å². The summed E-state index contributed by atoms with van der Waals surface area (Å²) in [5.74, 6) is -0.311. The van der Waals surface area contributed by atoms with Crippen LogP contribution in [0.2, 0.25) is 0 Å². The van der Waals surface area contributed by atoms with Crippen molar-refractivity contribution < 1.29 is 4.79 Å². The molecule has 0 aliphatic carbocycles. The Morgan fingerprint density at radius 1 is 1.13 bits per heavy atom. The number of unbranched alkanes of at least 4 members (excludes halogenated alkanes) is 1. The number of carbonyl (C=O) groups excluding carboxylic acids is 1. The minimum atomic E-state index is -0.311. The van der Waals surface area contributed by atoms with Crippen LogP contribution in [0.4, 0.5) is 0 Å². The molecular weight excluding hydrogens is 288 g/mol. The Kier molecular flexibility index (Phi) is 6.72. The molecule has 2 rings (SSSR count). The molecular formula is C18H24N4O. The van der Waals surface area contributed by atoms with Gasteiger partial charge in [-0.1, -0.05) is 36.8 Å². The minimum Gasteiger partial charge on any atom is -0.368 e. The quantitative estimate of drug-likeness (QED) is 0.616. The van der Waals surface area contributed by atoms with Gasteiger partial charge in [0.2, 0.25) is 5.91 Å². The van der Waals surface area contributed by atoms with Gasteiger partial charge in [0.1, 0.15) is 0 Å². The molecule has 0 aliphatic rings. The maximum Gasteiger partial charge on any atom is 0.234 e. The molecule has 0 saturated carbocycles. The molecule has 0 saturated heterocycles. The van der Waals surface area contributed by atoms with E-state index in [2.05, 4.69) is 22.4 Å². The predicted octanol–water partition coefficient (Wildman–Crippen LogP) is 1.82. The van der Waals surface area contributed by atoms with Crippen LogP contribution in [-0.2, 0) is 11.3 Å². The van der Waals surface area contributed by atoms with E-state index < -0.39 is 0 Å². The van der Waals surface area contributed by atoms with Crippen molar-refractivity contribution >= 4 is 5.91 Å². The molecule has 1 aromatic carbocycles. The smallest absolute Gasteiger partial charge is 0.234 e. The van der Waals surface area contributed by atoms with Gasteiger partial charge in [-0.05, 0) is 42.1 Å². The van der Waals surface area contributed by atoms with Gasteiger partial charge in [-0.3, -0.25) is 9.78 Å². The van der Waals surface area contributed by atoms with Crippen molar-refractivity contribution in [1.82, 2.24) is 10.3 Å². The summed E-state index contributed by atoms with van der Waals surface area (Å²) in [7, 11) is 0. The summed E-state index contributed by atoms with van der Waals surface area (Å²) in [5.41, 5.74) is 14.2. The molecule has 1 atom stereocenters. The van der Waals surface area contributed by atoms with Crippen molar-refractivity contribution in [2.24, 2.45) is 11.5 Å².